The summed E-state index contributed by atoms with van der Waals surface area (Å²) in [4.78, 5) is 4.48. The Labute approximate surface area is 107 Å². The van der Waals surface area contributed by atoms with Crippen molar-refractivity contribution in [2.24, 2.45) is 0 Å². The second-order valence-electron chi connectivity index (χ2n) is 3.99. The molecular weight excluding hydrogens is 228 g/mol. The van der Waals surface area contributed by atoms with Crippen LogP contribution in [0.5, 0.6) is 5.75 Å². The van der Waals surface area contributed by atoms with Gasteiger partial charge in [-0.2, -0.15) is 5.10 Å². The molecule has 0 amide bonds. The Hall–Kier alpha value is -2.04. The molecule has 18 heavy (non-hydrogen) atoms. The third-order valence-corrected chi connectivity index (χ3v) is 2.81. The van der Waals surface area contributed by atoms with Crippen molar-refractivity contribution >= 4 is 5.69 Å². The standard InChI is InChI=1S/C13H18N4O/c1-4-12-15-13(5-2)17(16-12)9-6-7-10(14)11(8-9)18-3/h6-8H,4-5,14H2,1-3H3. The molecule has 0 aliphatic rings. The Morgan fingerprint density at radius 2 is 2.06 bits per heavy atom. The van der Waals surface area contributed by atoms with Gasteiger partial charge in [-0.15, -0.1) is 0 Å². The van der Waals surface area contributed by atoms with Crippen molar-refractivity contribution in [1.29, 1.82) is 0 Å². The lowest BCUT2D eigenvalue weighted by Crippen LogP contribution is -2.03. The van der Waals surface area contributed by atoms with E-state index in [0.717, 1.165) is 30.2 Å². The summed E-state index contributed by atoms with van der Waals surface area (Å²) < 4.78 is 7.08. The zero-order valence-corrected chi connectivity index (χ0v) is 11.0. The Bertz CT molecular complexity index is 548. The number of methoxy groups -OCH3 is 1. The van der Waals surface area contributed by atoms with Crippen LogP contribution >= 0.6 is 0 Å². The van der Waals surface area contributed by atoms with Gasteiger partial charge in [-0.3, -0.25) is 0 Å². The van der Waals surface area contributed by atoms with Gasteiger partial charge in [0, 0.05) is 18.9 Å². The summed E-state index contributed by atoms with van der Waals surface area (Å²) in [6, 6.07) is 5.62. The first-order valence-corrected chi connectivity index (χ1v) is 6.08. The molecule has 0 saturated carbocycles. The zero-order valence-electron chi connectivity index (χ0n) is 11.0. The number of aromatic nitrogens is 3. The van der Waals surface area contributed by atoms with Gasteiger partial charge in [0.15, 0.2) is 5.82 Å². The molecule has 0 saturated heterocycles. The van der Waals surface area contributed by atoms with Gasteiger partial charge >= 0.3 is 0 Å². The first-order chi connectivity index (χ1) is 8.69. The van der Waals surface area contributed by atoms with E-state index in [1.165, 1.54) is 0 Å². The molecule has 2 rings (SSSR count). The van der Waals surface area contributed by atoms with Crippen LogP contribution in [0.25, 0.3) is 5.69 Å². The van der Waals surface area contributed by atoms with Crippen LogP contribution in [0.2, 0.25) is 0 Å². The lowest BCUT2D eigenvalue weighted by atomic mass is 10.2. The van der Waals surface area contributed by atoms with Gasteiger partial charge in [-0.05, 0) is 12.1 Å². The Kier molecular flexibility index (Phi) is 3.50. The maximum absolute atomic E-state index is 5.81. The lowest BCUT2D eigenvalue weighted by molar-refractivity contribution is 0.416. The van der Waals surface area contributed by atoms with Gasteiger partial charge in [0.2, 0.25) is 0 Å². The van der Waals surface area contributed by atoms with Crippen LogP contribution in [0.1, 0.15) is 25.5 Å². The molecule has 2 N–H and O–H groups in total. The fraction of sp³-hybridized carbons (Fsp3) is 0.385. The Balaban J connectivity index is 2.50. The minimum absolute atomic E-state index is 0.620. The Morgan fingerprint density at radius 1 is 1.28 bits per heavy atom. The molecule has 1 aromatic carbocycles. The van der Waals surface area contributed by atoms with E-state index in [0.29, 0.717) is 11.4 Å². The van der Waals surface area contributed by atoms with E-state index in [1.807, 2.05) is 29.8 Å². The third-order valence-electron chi connectivity index (χ3n) is 2.81. The van der Waals surface area contributed by atoms with Crippen molar-refractivity contribution in [2.45, 2.75) is 26.7 Å². The zero-order chi connectivity index (χ0) is 13.1. The maximum atomic E-state index is 5.81. The van der Waals surface area contributed by atoms with Crippen molar-refractivity contribution in [3.63, 3.8) is 0 Å². The average molecular weight is 246 g/mol. The average Bonchev–Trinajstić information content (AvgIpc) is 2.82. The van der Waals surface area contributed by atoms with E-state index >= 15 is 0 Å². The van der Waals surface area contributed by atoms with Crippen LogP contribution in [0.15, 0.2) is 18.2 Å². The van der Waals surface area contributed by atoms with Crippen molar-refractivity contribution in [3.05, 3.63) is 29.8 Å². The minimum atomic E-state index is 0.620. The van der Waals surface area contributed by atoms with Gasteiger partial charge in [0.05, 0.1) is 18.5 Å². The molecule has 1 heterocycles. The summed E-state index contributed by atoms with van der Waals surface area (Å²) in [6.45, 7) is 4.11. The number of rotatable bonds is 4. The molecule has 0 spiro atoms. The molecule has 0 fully saturated rings. The van der Waals surface area contributed by atoms with Crippen LogP contribution < -0.4 is 10.5 Å². The van der Waals surface area contributed by atoms with Crippen molar-refractivity contribution < 1.29 is 4.74 Å². The SMILES string of the molecule is CCc1nc(CC)n(-c2ccc(N)c(OC)c2)n1. The minimum Gasteiger partial charge on any atom is -0.495 e. The number of aryl methyl sites for hydroxylation is 2. The van der Waals surface area contributed by atoms with Gasteiger partial charge in [0.25, 0.3) is 0 Å². The van der Waals surface area contributed by atoms with E-state index in [9.17, 15) is 0 Å². The van der Waals surface area contributed by atoms with Crippen molar-refractivity contribution in [2.75, 3.05) is 12.8 Å². The van der Waals surface area contributed by atoms with E-state index in [1.54, 1.807) is 7.11 Å². The van der Waals surface area contributed by atoms with Crippen LogP contribution in [-0.2, 0) is 12.8 Å². The molecule has 96 valence electrons. The van der Waals surface area contributed by atoms with Gasteiger partial charge < -0.3 is 10.5 Å². The molecule has 0 radical (unpaired) electrons. The van der Waals surface area contributed by atoms with Crippen LogP contribution in [0.3, 0.4) is 0 Å². The van der Waals surface area contributed by atoms with E-state index in [-0.39, 0.29) is 0 Å². The summed E-state index contributed by atoms with van der Waals surface area (Å²) in [7, 11) is 1.61. The molecule has 0 atom stereocenters. The first-order valence-electron chi connectivity index (χ1n) is 6.08. The number of nitrogen functional groups attached to an aromatic ring is 1. The topological polar surface area (TPSA) is 66.0 Å². The number of ether oxygens (including phenoxy) is 1. The molecule has 5 nitrogen and oxygen atoms in total. The van der Waals surface area contributed by atoms with E-state index in [4.69, 9.17) is 10.5 Å². The first kappa shape index (κ1) is 12.4. The van der Waals surface area contributed by atoms with Crippen LogP contribution in [0.4, 0.5) is 5.69 Å². The maximum Gasteiger partial charge on any atom is 0.151 e. The highest BCUT2D eigenvalue weighted by Crippen LogP contribution is 2.24. The molecule has 0 aliphatic carbocycles. The van der Waals surface area contributed by atoms with Gasteiger partial charge in [-0.25, -0.2) is 9.67 Å². The Morgan fingerprint density at radius 3 is 2.67 bits per heavy atom. The van der Waals surface area contributed by atoms with Crippen molar-refractivity contribution in [3.8, 4) is 11.4 Å². The number of nitrogens with two attached hydrogens (primary N) is 1. The summed E-state index contributed by atoms with van der Waals surface area (Å²) in [5.74, 6) is 2.45. The predicted octanol–water partition coefficient (Wildman–Crippen LogP) is 1.98. The second-order valence-corrected chi connectivity index (χ2v) is 3.99. The molecule has 0 bridgehead atoms. The summed E-state index contributed by atoms with van der Waals surface area (Å²) in [5, 5.41) is 4.48. The second kappa shape index (κ2) is 5.08. The van der Waals surface area contributed by atoms with Gasteiger partial charge in [0.1, 0.15) is 11.6 Å². The number of benzene rings is 1. The van der Waals surface area contributed by atoms with Crippen molar-refractivity contribution in [1.82, 2.24) is 14.8 Å². The third kappa shape index (κ3) is 2.16. The van der Waals surface area contributed by atoms with Crippen LogP contribution in [-0.4, -0.2) is 21.9 Å². The lowest BCUT2D eigenvalue weighted by Gasteiger charge is -2.08. The predicted molar refractivity (Wildman–Crippen MR) is 71.1 cm³/mol. The molecule has 0 unspecified atom stereocenters. The number of anilines is 1. The summed E-state index contributed by atoms with van der Waals surface area (Å²) >= 11 is 0. The molecule has 5 heteroatoms. The highest BCUT2D eigenvalue weighted by atomic mass is 16.5. The monoisotopic (exact) mass is 246 g/mol. The number of nitrogens with zero attached hydrogens (tertiary/aromatic N) is 3. The summed E-state index contributed by atoms with van der Waals surface area (Å²) in [5.41, 5.74) is 7.35. The van der Waals surface area contributed by atoms with E-state index < -0.39 is 0 Å². The highest BCUT2D eigenvalue weighted by molar-refractivity contribution is 5.57. The quantitative estimate of drug-likeness (QED) is 0.838. The molecular formula is C13H18N4O. The highest BCUT2D eigenvalue weighted by Gasteiger charge is 2.10. The largest absolute Gasteiger partial charge is 0.495 e. The fourth-order valence-electron chi connectivity index (χ4n) is 1.81. The molecule has 0 aliphatic heterocycles. The summed E-state index contributed by atoms with van der Waals surface area (Å²) in [6.07, 6.45) is 1.66. The van der Waals surface area contributed by atoms with Crippen LogP contribution in [0, 0.1) is 0 Å². The fourth-order valence-corrected chi connectivity index (χ4v) is 1.81. The van der Waals surface area contributed by atoms with E-state index in [2.05, 4.69) is 17.0 Å². The number of hydrogen-bond acceptors (Lipinski definition) is 4. The normalized spacial score (nSPS) is 10.6. The molecule has 1 aromatic heterocycles. The number of hydrogen-bond donors (Lipinski definition) is 1. The smallest absolute Gasteiger partial charge is 0.151 e. The molecule has 2 aromatic rings. The van der Waals surface area contributed by atoms with Gasteiger partial charge in [-0.1, -0.05) is 13.8 Å².